The van der Waals surface area contributed by atoms with Crippen molar-refractivity contribution in [3.8, 4) is 0 Å². The second-order valence-electron chi connectivity index (χ2n) is 4.02. The van der Waals surface area contributed by atoms with Crippen LogP contribution in [0.15, 0.2) is 10.5 Å². The van der Waals surface area contributed by atoms with Crippen LogP contribution in [0.4, 0.5) is 0 Å². The van der Waals surface area contributed by atoms with E-state index in [1.807, 2.05) is 0 Å². The van der Waals surface area contributed by atoms with Crippen molar-refractivity contribution in [3.05, 3.63) is 10.5 Å². The Labute approximate surface area is 75.6 Å². The summed E-state index contributed by atoms with van der Waals surface area (Å²) in [6.45, 7) is 4.73. The average molecular weight is 215 g/mol. The molecule has 0 bridgehead atoms. The molecule has 1 heterocycles. The van der Waals surface area contributed by atoms with E-state index in [1.54, 1.807) is 4.47 Å². The first-order valence-corrected chi connectivity index (χ1v) is 6.45. The van der Waals surface area contributed by atoms with Gasteiger partial charge in [0.15, 0.2) is 0 Å². The summed E-state index contributed by atoms with van der Waals surface area (Å²) in [7, 11) is 0. The Bertz CT molecular complexity index is 183. The molecule has 3 unspecified atom stereocenters. The van der Waals surface area contributed by atoms with Crippen LogP contribution in [-0.2, 0) is 0 Å². The van der Waals surface area contributed by atoms with E-state index < -0.39 is 0 Å². The maximum atomic E-state index is 2.56. The molecule has 1 saturated carbocycles. The first-order chi connectivity index (χ1) is 5.25. The van der Waals surface area contributed by atoms with Crippen molar-refractivity contribution in [2.75, 3.05) is 0 Å². The zero-order valence-corrected chi connectivity index (χ0v) is 9.05. The molecule has 1 aliphatic heterocycles. The van der Waals surface area contributed by atoms with E-state index in [9.17, 15) is 0 Å². The van der Waals surface area contributed by atoms with Gasteiger partial charge in [-0.05, 0) is 0 Å². The fourth-order valence-corrected chi connectivity index (χ4v) is 5.13. The van der Waals surface area contributed by atoms with Crippen molar-refractivity contribution in [1.29, 1.82) is 0 Å². The van der Waals surface area contributed by atoms with Crippen LogP contribution in [0.25, 0.3) is 0 Å². The summed E-state index contributed by atoms with van der Waals surface area (Å²) in [6.07, 6.45) is 7.04. The first kappa shape index (κ1) is 7.89. The molecule has 0 aromatic rings. The molecule has 11 heavy (non-hydrogen) atoms. The maximum absolute atomic E-state index is 2.56. The molecule has 62 valence electrons. The van der Waals surface area contributed by atoms with Crippen molar-refractivity contribution >= 4 is 15.0 Å². The van der Waals surface area contributed by atoms with Gasteiger partial charge in [-0.1, -0.05) is 0 Å². The minimum absolute atomic E-state index is 0.866. The van der Waals surface area contributed by atoms with Crippen molar-refractivity contribution in [3.63, 3.8) is 0 Å². The topological polar surface area (TPSA) is 0 Å². The Morgan fingerprint density at radius 1 is 1.45 bits per heavy atom. The zero-order valence-electron chi connectivity index (χ0n) is 7.34. The molecule has 0 spiro atoms. The zero-order chi connectivity index (χ0) is 7.84. The number of rotatable bonds is 0. The third kappa shape index (κ3) is 1.55. The van der Waals surface area contributed by atoms with E-state index in [1.165, 1.54) is 19.3 Å². The molecule has 3 atom stereocenters. The predicted molar refractivity (Wildman–Crippen MR) is 49.8 cm³/mol. The third-order valence-electron chi connectivity index (χ3n) is 2.88. The molecule has 1 fully saturated rings. The predicted octanol–water partition coefficient (Wildman–Crippen LogP) is 2.83. The van der Waals surface area contributed by atoms with E-state index in [0.717, 1.165) is 31.6 Å². The van der Waals surface area contributed by atoms with Crippen LogP contribution >= 0.6 is 0 Å². The van der Waals surface area contributed by atoms with E-state index >= 15 is 0 Å². The summed E-state index contributed by atoms with van der Waals surface area (Å²) in [5, 5.41) is 0. The fourth-order valence-electron chi connectivity index (χ4n) is 2.30. The SMILES string of the molecule is CC1=CC2CC(C)CCC2[Se]1. The number of allylic oxidation sites excluding steroid dienone is 2. The van der Waals surface area contributed by atoms with Crippen LogP contribution in [0, 0.1) is 11.8 Å². The van der Waals surface area contributed by atoms with Crippen LogP contribution in [0.3, 0.4) is 0 Å². The average Bonchev–Trinajstić information content (AvgIpc) is 2.27. The van der Waals surface area contributed by atoms with Crippen LogP contribution in [0.2, 0.25) is 4.82 Å². The van der Waals surface area contributed by atoms with Gasteiger partial charge in [0.2, 0.25) is 0 Å². The molecule has 0 aromatic carbocycles. The van der Waals surface area contributed by atoms with Gasteiger partial charge in [0.1, 0.15) is 0 Å². The molecule has 0 nitrogen and oxygen atoms in total. The number of hydrogen-bond donors (Lipinski definition) is 0. The number of fused-ring (bicyclic) bond motifs is 1. The van der Waals surface area contributed by atoms with Crippen LogP contribution in [-0.4, -0.2) is 15.0 Å². The molecule has 0 aromatic heterocycles. The summed E-state index contributed by atoms with van der Waals surface area (Å²) >= 11 is 0.866. The molecular formula is C10H16Se. The van der Waals surface area contributed by atoms with E-state index in [-0.39, 0.29) is 0 Å². The van der Waals surface area contributed by atoms with Crippen molar-refractivity contribution < 1.29 is 0 Å². The molecule has 0 amide bonds. The van der Waals surface area contributed by atoms with Crippen molar-refractivity contribution in [2.24, 2.45) is 11.8 Å². The summed E-state index contributed by atoms with van der Waals surface area (Å²) in [4.78, 5) is 1.10. The third-order valence-corrected chi connectivity index (χ3v) is 5.81. The van der Waals surface area contributed by atoms with Crippen LogP contribution in [0.5, 0.6) is 0 Å². The molecular weight excluding hydrogens is 199 g/mol. The molecule has 2 aliphatic rings. The fraction of sp³-hybridized carbons (Fsp3) is 0.800. The van der Waals surface area contributed by atoms with Gasteiger partial charge in [-0.3, -0.25) is 0 Å². The first-order valence-electron chi connectivity index (χ1n) is 4.61. The van der Waals surface area contributed by atoms with E-state index in [2.05, 4.69) is 19.9 Å². The van der Waals surface area contributed by atoms with Gasteiger partial charge in [-0.15, -0.1) is 0 Å². The molecule has 2 rings (SSSR count). The van der Waals surface area contributed by atoms with Crippen molar-refractivity contribution in [1.82, 2.24) is 0 Å². The van der Waals surface area contributed by atoms with Gasteiger partial charge in [-0.25, -0.2) is 0 Å². The van der Waals surface area contributed by atoms with Crippen LogP contribution < -0.4 is 0 Å². The summed E-state index contributed by atoms with van der Waals surface area (Å²) in [6, 6.07) is 0. The summed E-state index contributed by atoms with van der Waals surface area (Å²) in [5.74, 6) is 1.98. The minimum atomic E-state index is 0.866. The van der Waals surface area contributed by atoms with Gasteiger partial charge < -0.3 is 0 Å². The molecule has 1 aliphatic carbocycles. The van der Waals surface area contributed by atoms with E-state index in [4.69, 9.17) is 0 Å². The Kier molecular flexibility index (Phi) is 2.12. The molecule has 0 radical (unpaired) electrons. The Balaban J connectivity index is 2.05. The quantitative estimate of drug-likeness (QED) is 0.545. The molecule has 1 heteroatoms. The molecule has 0 N–H and O–H groups in total. The van der Waals surface area contributed by atoms with Gasteiger partial charge in [0.05, 0.1) is 0 Å². The van der Waals surface area contributed by atoms with Crippen LogP contribution in [0.1, 0.15) is 33.1 Å². The number of hydrogen-bond acceptors (Lipinski definition) is 0. The normalized spacial score (nSPS) is 43.5. The van der Waals surface area contributed by atoms with Crippen molar-refractivity contribution in [2.45, 2.75) is 37.9 Å². The second kappa shape index (κ2) is 2.95. The monoisotopic (exact) mass is 216 g/mol. The van der Waals surface area contributed by atoms with Gasteiger partial charge >= 0.3 is 75.3 Å². The van der Waals surface area contributed by atoms with E-state index in [0.29, 0.717) is 0 Å². The van der Waals surface area contributed by atoms with Gasteiger partial charge in [0.25, 0.3) is 0 Å². The molecule has 0 saturated heterocycles. The van der Waals surface area contributed by atoms with Gasteiger partial charge in [0, 0.05) is 0 Å². The Hall–Kier alpha value is 0.259. The Morgan fingerprint density at radius 3 is 3.09 bits per heavy atom. The van der Waals surface area contributed by atoms with Gasteiger partial charge in [-0.2, -0.15) is 0 Å². The summed E-state index contributed by atoms with van der Waals surface area (Å²) < 4.78 is 1.71. The standard InChI is InChI=1S/C10H16Se/c1-7-3-4-10-9(5-7)6-8(2)11-10/h6-7,9-10H,3-5H2,1-2H3. The Morgan fingerprint density at radius 2 is 2.27 bits per heavy atom. The second-order valence-corrected chi connectivity index (χ2v) is 7.13. The summed E-state index contributed by atoms with van der Waals surface area (Å²) in [5.41, 5.74) is 0.